The van der Waals surface area contributed by atoms with Gasteiger partial charge in [-0.25, -0.2) is 4.98 Å². The second kappa shape index (κ2) is 8.51. The molecule has 0 spiro atoms. The number of rotatable bonds is 4. The molecule has 5 rings (SSSR count). The molecular weight excluding hydrogens is 392 g/mol. The second-order valence-electron chi connectivity index (χ2n) is 8.12. The summed E-state index contributed by atoms with van der Waals surface area (Å²) >= 11 is 0. The Bertz CT molecular complexity index is 1130. The summed E-state index contributed by atoms with van der Waals surface area (Å²) in [5, 5.41) is 0. The smallest absolute Gasteiger partial charge is 0.294 e. The van der Waals surface area contributed by atoms with Crippen LogP contribution in [0.1, 0.15) is 18.4 Å². The first-order valence-corrected chi connectivity index (χ1v) is 10.9. The van der Waals surface area contributed by atoms with Gasteiger partial charge in [0.25, 0.3) is 11.5 Å². The minimum atomic E-state index is -0.298. The Morgan fingerprint density at radius 2 is 1.74 bits per heavy atom. The summed E-state index contributed by atoms with van der Waals surface area (Å²) in [6.45, 7) is 3.48. The van der Waals surface area contributed by atoms with Gasteiger partial charge in [0.1, 0.15) is 6.10 Å². The van der Waals surface area contributed by atoms with Crippen LogP contribution in [0.4, 0.5) is 5.82 Å². The maximum atomic E-state index is 13.5. The first-order chi connectivity index (χ1) is 15.2. The van der Waals surface area contributed by atoms with E-state index in [1.165, 1.54) is 0 Å². The molecule has 7 nitrogen and oxygen atoms in total. The summed E-state index contributed by atoms with van der Waals surface area (Å²) in [4.78, 5) is 34.7. The van der Waals surface area contributed by atoms with Crippen LogP contribution in [-0.2, 0) is 16.1 Å². The molecule has 0 aliphatic carbocycles. The molecule has 2 aliphatic heterocycles. The van der Waals surface area contributed by atoms with Gasteiger partial charge in [-0.3, -0.25) is 14.2 Å². The summed E-state index contributed by atoms with van der Waals surface area (Å²) in [5.74, 6) is 0.531. The van der Waals surface area contributed by atoms with Gasteiger partial charge in [0.15, 0.2) is 5.82 Å². The van der Waals surface area contributed by atoms with Crippen molar-refractivity contribution in [1.29, 1.82) is 0 Å². The number of fused-ring (bicyclic) bond motifs is 1. The highest BCUT2D eigenvalue weighted by Crippen LogP contribution is 2.19. The molecule has 3 aromatic rings. The summed E-state index contributed by atoms with van der Waals surface area (Å²) in [7, 11) is 0. The zero-order valence-corrected chi connectivity index (χ0v) is 17.4. The first-order valence-electron chi connectivity index (χ1n) is 10.9. The highest BCUT2D eigenvalue weighted by Gasteiger charge is 2.31. The Morgan fingerprint density at radius 3 is 2.48 bits per heavy atom. The van der Waals surface area contributed by atoms with Gasteiger partial charge in [-0.1, -0.05) is 42.5 Å². The third-order valence-electron chi connectivity index (χ3n) is 6.11. The average molecular weight is 418 g/mol. The molecular formula is C24H26N4O3. The van der Waals surface area contributed by atoms with Crippen LogP contribution < -0.4 is 10.5 Å². The van der Waals surface area contributed by atoms with Crippen molar-refractivity contribution in [1.82, 2.24) is 14.5 Å². The largest absolute Gasteiger partial charge is 0.368 e. The second-order valence-corrected chi connectivity index (χ2v) is 8.12. The van der Waals surface area contributed by atoms with Crippen LogP contribution in [0.2, 0.25) is 0 Å². The number of amides is 1. The van der Waals surface area contributed by atoms with Gasteiger partial charge in [-0.2, -0.15) is 0 Å². The summed E-state index contributed by atoms with van der Waals surface area (Å²) in [6, 6.07) is 17.7. The van der Waals surface area contributed by atoms with E-state index < -0.39 is 0 Å². The topological polar surface area (TPSA) is 67.7 Å². The predicted molar refractivity (Wildman–Crippen MR) is 119 cm³/mol. The molecule has 2 aromatic carbocycles. The van der Waals surface area contributed by atoms with Gasteiger partial charge in [-0.15, -0.1) is 0 Å². The molecule has 7 heteroatoms. The van der Waals surface area contributed by atoms with Crippen LogP contribution in [0.3, 0.4) is 0 Å². The van der Waals surface area contributed by atoms with Crippen LogP contribution in [0.15, 0.2) is 59.4 Å². The highest BCUT2D eigenvalue weighted by atomic mass is 16.5. The maximum absolute atomic E-state index is 13.5. The Kier molecular flexibility index (Phi) is 5.42. The molecule has 0 saturated carbocycles. The molecule has 2 saturated heterocycles. The molecule has 0 radical (unpaired) electrons. The van der Waals surface area contributed by atoms with E-state index in [0.717, 1.165) is 29.4 Å². The lowest BCUT2D eigenvalue weighted by Crippen LogP contribution is -2.52. The normalized spacial score (nSPS) is 19.2. The molecule has 1 atom stereocenters. The van der Waals surface area contributed by atoms with Crippen molar-refractivity contribution in [3.63, 3.8) is 0 Å². The third kappa shape index (κ3) is 3.93. The number of hydrogen-bond acceptors (Lipinski definition) is 5. The van der Waals surface area contributed by atoms with Crippen molar-refractivity contribution in [3.8, 4) is 0 Å². The molecule has 1 unspecified atom stereocenters. The number of carbonyl (C=O) groups is 1. The number of nitrogens with zero attached hydrogens (tertiary/aromatic N) is 4. The molecule has 0 N–H and O–H groups in total. The monoisotopic (exact) mass is 418 g/mol. The number of anilines is 1. The maximum Gasteiger partial charge on any atom is 0.294 e. The zero-order valence-electron chi connectivity index (χ0n) is 17.4. The fourth-order valence-corrected chi connectivity index (χ4v) is 4.42. The van der Waals surface area contributed by atoms with E-state index in [-0.39, 0.29) is 17.6 Å². The van der Waals surface area contributed by atoms with E-state index in [2.05, 4.69) is 0 Å². The Morgan fingerprint density at radius 1 is 1.00 bits per heavy atom. The van der Waals surface area contributed by atoms with Crippen molar-refractivity contribution in [3.05, 3.63) is 70.5 Å². The molecule has 1 amide bonds. The van der Waals surface area contributed by atoms with Crippen molar-refractivity contribution in [2.75, 3.05) is 37.7 Å². The number of aromatic nitrogens is 2. The van der Waals surface area contributed by atoms with Crippen molar-refractivity contribution in [2.45, 2.75) is 25.5 Å². The lowest BCUT2D eigenvalue weighted by molar-refractivity contribution is -0.141. The average Bonchev–Trinajstić information content (AvgIpc) is 3.36. The van der Waals surface area contributed by atoms with Crippen molar-refractivity contribution < 1.29 is 9.53 Å². The van der Waals surface area contributed by atoms with Crippen molar-refractivity contribution in [2.24, 2.45) is 0 Å². The quantitative estimate of drug-likeness (QED) is 0.650. The molecule has 2 fully saturated rings. The van der Waals surface area contributed by atoms with E-state index in [0.29, 0.717) is 45.1 Å². The van der Waals surface area contributed by atoms with Gasteiger partial charge in [0.2, 0.25) is 0 Å². The Hall–Kier alpha value is -3.19. The minimum Gasteiger partial charge on any atom is -0.368 e. The fourth-order valence-electron chi connectivity index (χ4n) is 4.42. The van der Waals surface area contributed by atoms with Crippen LogP contribution in [0, 0.1) is 0 Å². The van der Waals surface area contributed by atoms with E-state index in [9.17, 15) is 9.59 Å². The molecule has 31 heavy (non-hydrogen) atoms. The Labute approximate surface area is 180 Å². The number of piperazine rings is 1. The first kappa shape index (κ1) is 19.8. The van der Waals surface area contributed by atoms with Crippen LogP contribution in [0.5, 0.6) is 0 Å². The number of benzene rings is 2. The van der Waals surface area contributed by atoms with E-state index in [1.54, 1.807) is 4.57 Å². The van der Waals surface area contributed by atoms with Gasteiger partial charge in [0, 0.05) is 32.8 Å². The van der Waals surface area contributed by atoms with Gasteiger partial charge in [0.05, 0.1) is 17.6 Å². The fraction of sp³-hybridized carbons (Fsp3) is 0.375. The Balaban J connectivity index is 1.42. The number of para-hydroxylation sites is 2. The van der Waals surface area contributed by atoms with Crippen LogP contribution in [0.25, 0.3) is 11.0 Å². The van der Waals surface area contributed by atoms with Crippen LogP contribution in [-0.4, -0.2) is 59.2 Å². The minimum absolute atomic E-state index is 0.0742. The van der Waals surface area contributed by atoms with Gasteiger partial charge < -0.3 is 14.5 Å². The number of ether oxygens (including phenoxy) is 1. The zero-order chi connectivity index (χ0) is 21.2. The molecule has 0 bridgehead atoms. The molecule has 160 valence electrons. The summed E-state index contributed by atoms with van der Waals surface area (Å²) in [6.07, 6.45) is 1.45. The van der Waals surface area contributed by atoms with E-state index in [1.807, 2.05) is 64.4 Å². The number of hydrogen-bond donors (Lipinski definition) is 0. The molecule has 2 aliphatic rings. The highest BCUT2D eigenvalue weighted by molar-refractivity contribution is 5.81. The summed E-state index contributed by atoms with van der Waals surface area (Å²) in [5.41, 5.74) is 2.60. The molecule has 1 aromatic heterocycles. The van der Waals surface area contributed by atoms with Gasteiger partial charge in [-0.05, 0) is 30.5 Å². The standard InChI is InChI=1S/C24H26N4O3/c29-23(21-11-6-16-31-21)27-14-12-26(13-15-27)22-24(30)28(17-18-7-2-1-3-8-18)20-10-5-4-9-19(20)25-22/h1-5,7-10,21H,6,11-17H2. The molecule has 3 heterocycles. The van der Waals surface area contributed by atoms with Gasteiger partial charge >= 0.3 is 0 Å². The summed E-state index contributed by atoms with van der Waals surface area (Å²) < 4.78 is 7.35. The lowest BCUT2D eigenvalue weighted by atomic mass is 10.2. The SMILES string of the molecule is O=C(C1CCCO1)N1CCN(c2nc3ccccc3n(Cc3ccccc3)c2=O)CC1. The third-order valence-corrected chi connectivity index (χ3v) is 6.11. The van der Waals surface area contributed by atoms with E-state index >= 15 is 0 Å². The number of carbonyl (C=O) groups excluding carboxylic acids is 1. The van der Waals surface area contributed by atoms with Crippen molar-refractivity contribution >= 4 is 22.8 Å². The van der Waals surface area contributed by atoms with Crippen LogP contribution >= 0.6 is 0 Å². The predicted octanol–water partition coefficient (Wildman–Crippen LogP) is 2.27. The lowest BCUT2D eigenvalue weighted by Gasteiger charge is -2.36. The van der Waals surface area contributed by atoms with E-state index in [4.69, 9.17) is 9.72 Å².